The van der Waals surface area contributed by atoms with Crippen LogP contribution in [0.4, 0.5) is 0 Å². The molecule has 0 bridgehead atoms. The van der Waals surface area contributed by atoms with Gasteiger partial charge in [0.2, 0.25) is 11.8 Å². The van der Waals surface area contributed by atoms with Crippen LogP contribution in [0.15, 0.2) is 0 Å². The van der Waals surface area contributed by atoms with Crippen molar-refractivity contribution in [1.82, 2.24) is 16.0 Å². The van der Waals surface area contributed by atoms with Crippen LogP contribution < -0.4 is 16.0 Å². The molecule has 0 spiro atoms. The van der Waals surface area contributed by atoms with E-state index in [1.54, 1.807) is 0 Å². The molecule has 1 saturated heterocycles. The van der Waals surface area contributed by atoms with Gasteiger partial charge in [-0.15, -0.1) is 0 Å². The summed E-state index contributed by atoms with van der Waals surface area (Å²) in [6.45, 7) is 5.23. The Kier molecular flexibility index (Phi) is 4.08. The molecule has 1 aliphatic heterocycles. The minimum atomic E-state index is -0.494. The summed E-state index contributed by atoms with van der Waals surface area (Å²) < 4.78 is 0. The van der Waals surface area contributed by atoms with Gasteiger partial charge in [-0.2, -0.15) is 0 Å². The molecule has 5 heteroatoms. The first-order valence-electron chi connectivity index (χ1n) is 5.38. The number of nitrogens with one attached hydrogen (secondary N) is 3. The summed E-state index contributed by atoms with van der Waals surface area (Å²) in [5.41, 5.74) is -0.494. The summed E-state index contributed by atoms with van der Waals surface area (Å²) in [7, 11) is 0. The highest BCUT2D eigenvalue weighted by Crippen LogP contribution is 2.17. The van der Waals surface area contributed by atoms with Crippen molar-refractivity contribution in [3.8, 4) is 0 Å². The van der Waals surface area contributed by atoms with Gasteiger partial charge in [0.05, 0.1) is 12.1 Å². The largest absolute Gasteiger partial charge is 0.355 e. The summed E-state index contributed by atoms with van der Waals surface area (Å²) >= 11 is 0. The van der Waals surface area contributed by atoms with Gasteiger partial charge in [-0.3, -0.25) is 9.59 Å². The summed E-state index contributed by atoms with van der Waals surface area (Å²) in [5.74, 6) is -0.237. The summed E-state index contributed by atoms with van der Waals surface area (Å²) in [6, 6.07) is 0. The molecule has 2 amide bonds. The van der Waals surface area contributed by atoms with E-state index in [0.717, 1.165) is 19.4 Å². The summed E-state index contributed by atoms with van der Waals surface area (Å²) in [4.78, 5) is 22.8. The molecule has 1 rings (SSSR count). The minimum Gasteiger partial charge on any atom is -0.355 e. The Morgan fingerprint density at radius 1 is 1.40 bits per heavy atom. The molecule has 1 atom stereocenters. The molecule has 0 saturated carbocycles. The third-order valence-corrected chi connectivity index (χ3v) is 2.65. The zero-order valence-electron chi connectivity index (χ0n) is 9.35. The van der Waals surface area contributed by atoms with Crippen LogP contribution in [0.5, 0.6) is 0 Å². The number of hydrogen-bond donors (Lipinski definition) is 3. The molecule has 86 valence electrons. The molecule has 1 fully saturated rings. The Morgan fingerprint density at radius 3 is 2.67 bits per heavy atom. The maximum Gasteiger partial charge on any atom is 0.240 e. The van der Waals surface area contributed by atoms with Gasteiger partial charge in [0, 0.05) is 6.54 Å². The highest BCUT2D eigenvalue weighted by Gasteiger charge is 2.35. The zero-order chi connectivity index (χ0) is 11.3. The lowest BCUT2D eigenvalue weighted by Gasteiger charge is -2.22. The molecule has 0 aliphatic carbocycles. The predicted molar refractivity (Wildman–Crippen MR) is 57.3 cm³/mol. The Bertz CT molecular complexity index is 247. The van der Waals surface area contributed by atoms with Crippen molar-refractivity contribution in [2.24, 2.45) is 0 Å². The van der Waals surface area contributed by atoms with Gasteiger partial charge >= 0.3 is 0 Å². The quantitative estimate of drug-likeness (QED) is 0.583. The zero-order valence-corrected chi connectivity index (χ0v) is 9.35. The van der Waals surface area contributed by atoms with E-state index in [1.807, 2.05) is 13.8 Å². The molecule has 1 aliphatic rings. The van der Waals surface area contributed by atoms with E-state index in [0.29, 0.717) is 6.54 Å². The topological polar surface area (TPSA) is 70.2 Å². The minimum absolute atomic E-state index is 0.0595. The van der Waals surface area contributed by atoms with Gasteiger partial charge in [-0.05, 0) is 33.2 Å². The molecular formula is C10H19N3O2. The molecular weight excluding hydrogens is 194 g/mol. The molecule has 5 nitrogen and oxygen atoms in total. The first-order chi connectivity index (χ1) is 7.08. The second-order valence-corrected chi connectivity index (χ2v) is 4.00. The van der Waals surface area contributed by atoms with Crippen molar-refractivity contribution in [3.63, 3.8) is 0 Å². The number of carbonyl (C=O) groups excluding carboxylic acids is 2. The Morgan fingerprint density at radius 2 is 2.13 bits per heavy atom. The van der Waals surface area contributed by atoms with E-state index in [2.05, 4.69) is 16.0 Å². The van der Waals surface area contributed by atoms with Crippen LogP contribution >= 0.6 is 0 Å². The first kappa shape index (κ1) is 12.0. The van der Waals surface area contributed by atoms with Crippen molar-refractivity contribution in [2.75, 3.05) is 19.6 Å². The van der Waals surface area contributed by atoms with Crippen LogP contribution in [0.25, 0.3) is 0 Å². The highest BCUT2D eigenvalue weighted by molar-refractivity contribution is 5.90. The maximum atomic E-state index is 11.7. The number of likely N-dealkylation sites (N-methyl/N-ethyl adjacent to an activating group) is 1. The standard InChI is InChI=1S/C10H19N3O2/c1-3-11-8(14)7-12-9(15)10(2)5-4-6-13-10/h13H,3-7H2,1-2H3,(H,11,14)(H,12,15). The van der Waals surface area contributed by atoms with E-state index in [4.69, 9.17) is 0 Å². The first-order valence-corrected chi connectivity index (χ1v) is 5.38. The van der Waals surface area contributed by atoms with E-state index < -0.39 is 5.54 Å². The lowest BCUT2D eigenvalue weighted by atomic mass is 9.99. The van der Waals surface area contributed by atoms with Crippen LogP contribution in [-0.2, 0) is 9.59 Å². The van der Waals surface area contributed by atoms with Gasteiger partial charge in [-0.1, -0.05) is 0 Å². The second kappa shape index (κ2) is 5.11. The summed E-state index contributed by atoms with van der Waals surface area (Å²) in [6.07, 6.45) is 1.83. The lowest BCUT2D eigenvalue weighted by Crippen LogP contribution is -2.52. The third-order valence-electron chi connectivity index (χ3n) is 2.65. The number of amides is 2. The average Bonchev–Trinajstić information content (AvgIpc) is 2.63. The smallest absolute Gasteiger partial charge is 0.240 e. The number of hydrogen-bond acceptors (Lipinski definition) is 3. The highest BCUT2D eigenvalue weighted by atomic mass is 16.2. The average molecular weight is 213 g/mol. The van der Waals surface area contributed by atoms with Crippen molar-refractivity contribution in [2.45, 2.75) is 32.2 Å². The second-order valence-electron chi connectivity index (χ2n) is 4.00. The van der Waals surface area contributed by atoms with Crippen LogP contribution in [-0.4, -0.2) is 37.0 Å². The fraction of sp³-hybridized carbons (Fsp3) is 0.800. The van der Waals surface area contributed by atoms with Crippen molar-refractivity contribution in [3.05, 3.63) is 0 Å². The fourth-order valence-electron chi connectivity index (χ4n) is 1.70. The number of rotatable bonds is 4. The molecule has 0 aromatic rings. The molecule has 15 heavy (non-hydrogen) atoms. The van der Waals surface area contributed by atoms with Gasteiger partial charge in [0.1, 0.15) is 0 Å². The van der Waals surface area contributed by atoms with Gasteiger partial charge in [0.15, 0.2) is 0 Å². The molecule has 0 aromatic carbocycles. The molecule has 1 heterocycles. The Balaban J connectivity index is 2.32. The Hall–Kier alpha value is -1.10. The van der Waals surface area contributed by atoms with Gasteiger partial charge < -0.3 is 16.0 Å². The molecule has 0 radical (unpaired) electrons. The van der Waals surface area contributed by atoms with Crippen LogP contribution in [0.1, 0.15) is 26.7 Å². The van der Waals surface area contributed by atoms with Crippen molar-refractivity contribution >= 4 is 11.8 Å². The van der Waals surface area contributed by atoms with E-state index >= 15 is 0 Å². The lowest BCUT2D eigenvalue weighted by molar-refractivity contribution is -0.129. The van der Waals surface area contributed by atoms with Gasteiger partial charge in [-0.25, -0.2) is 0 Å². The van der Waals surface area contributed by atoms with Crippen LogP contribution in [0.3, 0.4) is 0 Å². The SMILES string of the molecule is CCNC(=O)CNC(=O)C1(C)CCCN1. The summed E-state index contributed by atoms with van der Waals surface area (Å²) in [5, 5.41) is 8.41. The van der Waals surface area contributed by atoms with E-state index in [1.165, 1.54) is 0 Å². The predicted octanol–water partition coefficient (Wildman–Crippen LogP) is -0.619. The molecule has 1 unspecified atom stereocenters. The van der Waals surface area contributed by atoms with Crippen molar-refractivity contribution < 1.29 is 9.59 Å². The molecule has 3 N–H and O–H groups in total. The fourth-order valence-corrected chi connectivity index (χ4v) is 1.70. The van der Waals surface area contributed by atoms with Crippen molar-refractivity contribution in [1.29, 1.82) is 0 Å². The molecule has 0 aromatic heterocycles. The van der Waals surface area contributed by atoms with E-state index in [-0.39, 0.29) is 18.4 Å². The van der Waals surface area contributed by atoms with Gasteiger partial charge in [0.25, 0.3) is 0 Å². The maximum absolute atomic E-state index is 11.7. The monoisotopic (exact) mass is 213 g/mol. The Labute approximate surface area is 90.0 Å². The van der Waals surface area contributed by atoms with Crippen LogP contribution in [0, 0.1) is 0 Å². The third kappa shape index (κ3) is 3.20. The number of carbonyl (C=O) groups is 2. The normalized spacial score (nSPS) is 24.9. The van der Waals surface area contributed by atoms with E-state index in [9.17, 15) is 9.59 Å². The van der Waals surface area contributed by atoms with Crippen LogP contribution in [0.2, 0.25) is 0 Å².